The van der Waals surface area contributed by atoms with Gasteiger partial charge in [-0.2, -0.15) is 8.42 Å². The number of nitrogens with two attached hydrogens (primary N) is 1. The van der Waals surface area contributed by atoms with Crippen LogP contribution in [0.15, 0.2) is 18.2 Å². The molecule has 0 spiro atoms. The van der Waals surface area contributed by atoms with E-state index in [1.165, 1.54) is 5.56 Å². The van der Waals surface area contributed by atoms with Gasteiger partial charge in [-0.15, -0.1) is 0 Å². The third-order valence-electron chi connectivity index (χ3n) is 2.98. The smallest absolute Gasteiger partial charge is 0.217 e. The molecule has 1 aromatic rings. The van der Waals surface area contributed by atoms with Crippen LogP contribution in [0, 0.1) is 6.92 Å². The Bertz CT molecular complexity index is 523. The summed E-state index contributed by atoms with van der Waals surface area (Å²) >= 11 is 0. The lowest BCUT2D eigenvalue weighted by Crippen LogP contribution is -2.14. The van der Waals surface area contributed by atoms with Crippen LogP contribution in [0.2, 0.25) is 0 Å². The molecule has 0 aromatic heterocycles. The van der Waals surface area contributed by atoms with Gasteiger partial charge in [0.1, 0.15) is 0 Å². The average molecular weight is 267 g/mol. The summed E-state index contributed by atoms with van der Waals surface area (Å²) < 4.78 is 22.1. The molecule has 2 rings (SSSR count). The molecule has 0 heterocycles. The summed E-state index contributed by atoms with van der Waals surface area (Å²) in [6.07, 6.45) is 3.73. The largest absolute Gasteiger partial charge is 0.330 e. The molecule has 1 aliphatic carbocycles. The zero-order valence-corrected chi connectivity index (χ0v) is 11.9. The molecule has 0 radical (unpaired) electrons. The van der Waals surface area contributed by atoms with Crippen LogP contribution in [-0.2, 0) is 16.7 Å². The topological polar surface area (TPSA) is 60.2 Å². The van der Waals surface area contributed by atoms with Crippen molar-refractivity contribution in [2.45, 2.75) is 39.5 Å². The standard InChI is InChI=1S/C11H12O2S.C3H9N/c1-8-4-2-5-9-6-3-7-10(11(8)9)14(12)13;1-2-3-4/h2,4-5H,3,6-7H2,1H3;2-4H2,1H3. The van der Waals surface area contributed by atoms with Gasteiger partial charge in [-0.1, -0.05) is 25.1 Å². The van der Waals surface area contributed by atoms with E-state index in [0.717, 1.165) is 36.9 Å². The van der Waals surface area contributed by atoms with Crippen LogP contribution >= 0.6 is 0 Å². The lowest BCUT2D eigenvalue weighted by Gasteiger charge is -2.17. The van der Waals surface area contributed by atoms with Gasteiger partial charge in [0.25, 0.3) is 0 Å². The summed E-state index contributed by atoms with van der Waals surface area (Å²) in [5.74, 6) is 0. The first-order valence-electron chi connectivity index (χ1n) is 6.35. The number of benzene rings is 1. The molecule has 0 atom stereocenters. The van der Waals surface area contributed by atoms with Crippen molar-refractivity contribution in [3.63, 3.8) is 0 Å². The number of fused-ring (bicyclic) bond motifs is 1. The van der Waals surface area contributed by atoms with E-state index < -0.39 is 10.3 Å². The van der Waals surface area contributed by atoms with Crippen molar-refractivity contribution >= 4 is 15.2 Å². The maximum Gasteiger partial charge on any atom is 0.217 e. The Hall–Kier alpha value is -1.13. The summed E-state index contributed by atoms with van der Waals surface area (Å²) in [5, 5.41) is 0. The Morgan fingerprint density at radius 3 is 2.50 bits per heavy atom. The molecule has 0 saturated heterocycles. The second-order valence-corrected chi connectivity index (χ2v) is 5.37. The molecule has 4 heteroatoms. The number of rotatable bonds is 1. The average Bonchev–Trinajstić information content (AvgIpc) is 2.38. The van der Waals surface area contributed by atoms with E-state index in [2.05, 4.69) is 6.92 Å². The predicted molar refractivity (Wildman–Crippen MR) is 76.5 cm³/mol. The summed E-state index contributed by atoms with van der Waals surface area (Å²) in [6.45, 7) is 4.84. The van der Waals surface area contributed by atoms with E-state index in [1.807, 2.05) is 25.1 Å². The molecule has 2 N–H and O–H groups in total. The minimum absolute atomic E-state index is 0.587. The molecule has 1 aromatic carbocycles. The minimum Gasteiger partial charge on any atom is -0.330 e. The monoisotopic (exact) mass is 267 g/mol. The molecule has 0 bridgehead atoms. The van der Waals surface area contributed by atoms with Crippen LogP contribution in [0.5, 0.6) is 0 Å². The lowest BCUT2D eigenvalue weighted by molar-refractivity contribution is 0.626. The van der Waals surface area contributed by atoms with Crippen LogP contribution in [0.25, 0.3) is 0 Å². The highest BCUT2D eigenvalue weighted by Gasteiger charge is 2.17. The molecule has 0 saturated carbocycles. The third-order valence-corrected chi connectivity index (χ3v) is 3.79. The first-order chi connectivity index (χ1) is 8.61. The molecule has 3 nitrogen and oxygen atoms in total. The van der Waals surface area contributed by atoms with Gasteiger partial charge in [0, 0.05) is 0 Å². The highest BCUT2D eigenvalue weighted by molar-refractivity contribution is 7.73. The molecular formula is C14H21NO2S. The van der Waals surface area contributed by atoms with Crippen LogP contribution in [0.3, 0.4) is 0 Å². The fourth-order valence-corrected chi connectivity index (χ4v) is 2.84. The molecule has 0 amide bonds. The van der Waals surface area contributed by atoms with E-state index in [-0.39, 0.29) is 0 Å². The minimum atomic E-state index is -2.06. The van der Waals surface area contributed by atoms with E-state index >= 15 is 0 Å². The normalized spacial score (nSPS) is 13.4. The van der Waals surface area contributed by atoms with Crippen LogP contribution in [0.1, 0.15) is 42.9 Å². The highest BCUT2D eigenvalue weighted by Crippen LogP contribution is 2.23. The second-order valence-electron chi connectivity index (χ2n) is 4.41. The van der Waals surface area contributed by atoms with Crippen molar-refractivity contribution in [2.24, 2.45) is 5.73 Å². The lowest BCUT2D eigenvalue weighted by atomic mass is 9.89. The van der Waals surface area contributed by atoms with Crippen LogP contribution in [-0.4, -0.2) is 19.8 Å². The third kappa shape index (κ3) is 3.68. The predicted octanol–water partition coefficient (Wildman–Crippen LogP) is 2.09. The zero-order valence-electron chi connectivity index (χ0n) is 11.1. The van der Waals surface area contributed by atoms with E-state index in [1.54, 1.807) is 0 Å². The SMILES string of the molecule is CCCN.Cc1cccc2c1C(=S(=O)=O)CCC2. The first kappa shape index (κ1) is 14.9. The summed E-state index contributed by atoms with van der Waals surface area (Å²) in [5.41, 5.74) is 8.24. The van der Waals surface area contributed by atoms with Gasteiger partial charge < -0.3 is 5.73 Å². The van der Waals surface area contributed by atoms with Gasteiger partial charge in [0.05, 0.1) is 4.86 Å². The first-order valence-corrected chi connectivity index (χ1v) is 7.43. The Labute approximate surface area is 111 Å². The second kappa shape index (κ2) is 7.34. The van der Waals surface area contributed by atoms with Gasteiger partial charge in [-0.05, 0) is 55.8 Å². The molecule has 100 valence electrons. The Morgan fingerprint density at radius 2 is 1.94 bits per heavy atom. The van der Waals surface area contributed by atoms with Gasteiger partial charge in [0.15, 0.2) is 0 Å². The maximum atomic E-state index is 11.0. The van der Waals surface area contributed by atoms with Gasteiger partial charge in [0.2, 0.25) is 10.3 Å². The highest BCUT2D eigenvalue weighted by atomic mass is 32.2. The van der Waals surface area contributed by atoms with E-state index in [0.29, 0.717) is 11.3 Å². The van der Waals surface area contributed by atoms with Crippen LogP contribution in [0.4, 0.5) is 0 Å². The summed E-state index contributed by atoms with van der Waals surface area (Å²) in [6, 6.07) is 5.98. The van der Waals surface area contributed by atoms with Crippen LogP contribution < -0.4 is 5.73 Å². The van der Waals surface area contributed by atoms with Crippen molar-refractivity contribution in [2.75, 3.05) is 6.54 Å². The number of hydrogen-bond donors (Lipinski definition) is 1. The molecule has 1 aliphatic rings. The fraction of sp³-hybridized carbons (Fsp3) is 0.500. The van der Waals surface area contributed by atoms with Crippen molar-refractivity contribution in [3.8, 4) is 0 Å². The zero-order chi connectivity index (χ0) is 13.5. The molecule has 0 unspecified atom stereocenters. The number of aryl methyl sites for hydroxylation is 2. The molecule has 18 heavy (non-hydrogen) atoms. The fourth-order valence-electron chi connectivity index (χ4n) is 2.07. The Morgan fingerprint density at radius 1 is 1.28 bits per heavy atom. The van der Waals surface area contributed by atoms with Crippen molar-refractivity contribution in [1.82, 2.24) is 0 Å². The van der Waals surface area contributed by atoms with Crippen molar-refractivity contribution in [3.05, 3.63) is 34.9 Å². The quantitative estimate of drug-likeness (QED) is 0.793. The summed E-state index contributed by atoms with van der Waals surface area (Å²) in [4.78, 5) is 0.587. The Kier molecular flexibility index (Phi) is 6.09. The van der Waals surface area contributed by atoms with Gasteiger partial charge in [-0.3, -0.25) is 0 Å². The molecule has 0 aliphatic heterocycles. The molecular weight excluding hydrogens is 246 g/mol. The van der Waals surface area contributed by atoms with E-state index in [9.17, 15) is 8.42 Å². The van der Waals surface area contributed by atoms with E-state index in [4.69, 9.17) is 5.73 Å². The Balaban J connectivity index is 0.000000357. The van der Waals surface area contributed by atoms with Crippen molar-refractivity contribution < 1.29 is 8.42 Å². The van der Waals surface area contributed by atoms with Crippen molar-refractivity contribution in [1.29, 1.82) is 0 Å². The van der Waals surface area contributed by atoms with Gasteiger partial charge >= 0.3 is 0 Å². The number of hydrogen-bond acceptors (Lipinski definition) is 3. The molecule has 0 fully saturated rings. The maximum absolute atomic E-state index is 11.0. The van der Waals surface area contributed by atoms with Gasteiger partial charge in [-0.25, -0.2) is 0 Å². The summed E-state index contributed by atoms with van der Waals surface area (Å²) in [7, 11) is -2.06.